The summed E-state index contributed by atoms with van der Waals surface area (Å²) < 4.78 is 4.14. The number of aliphatic hydroxyl groups excluding tert-OH is 2. The Labute approximate surface area is 134 Å². The van der Waals surface area contributed by atoms with Crippen LogP contribution in [0, 0.1) is 0 Å². The molecule has 0 aromatic carbocycles. The van der Waals surface area contributed by atoms with E-state index in [0.717, 1.165) is 4.90 Å². The molecule has 0 aliphatic carbocycles. The molecule has 11 heteroatoms. The van der Waals surface area contributed by atoms with Crippen molar-refractivity contribution in [2.24, 2.45) is 5.11 Å². The van der Waals surface area contributed by atoms with Gasteiger partial charge in [0, 0.05) is 11.3 Å². The highest BCUT2D eigenvalue weighted by Gasteiger charge is 2.55. The summed E-state index contributed by atoms with van der Waals surface area (Å²) in [5.74, 6) is -0.606. The Morgan fingerprint density at radius 3 is 2.82 bits per heavy atom. The van der Waals surface area contributed by atoms with Crippen LogP contribution in [-0.2, 0) is 9.53 Å². The number of nitrogens with one attached hydrogen (secondary N) is 1. The molecule has 0 radical (unpaired) electrons. The second-order valence-corrected chi connectivity index (χ2v) is 6.49. The number of carbonyl (C=O) groups excluding carboxylic acids is 2. The highest BCUT2D eigenvalue weighted by molar-refractivity contribution is 9.10. The Kier molecular flexibility index (Phi) is 4.93. The number of hydrogen-bond donors (Lipinski definition) is 3. The maximum Gasteiger partial charge on any atom is 0.326 e. The van der Waals surface area contributed by atoms with Gasteiger partial charge in [0.2, 0.25) is 5.91 Å². The van der Waals surface area contributed by atoms with Gasteiger partial charge >= 0.3 is 6.03 Å². The van der Waals surface area contributed by atoms with Crippen LogP contribution in [0.2, 0.25) is 0 Å². The van der Waals surface area contributed by atoms with E-state index in [1.165, 1.54) is 0 Å². The number of ether oxygens (including phenoxy) is 1. The van der Waals surface area contributed by atoms with Crippen molar-refractivity contribution in [3.63, 3.8) is 0 Å². The van der Waals surface area contributed by atoms with Gasteiger partial charge in [0.25, 0.3) is 0 Å². The smallest absolute Gasteiger partial charge is 0.326 e. The maximum atomic E-state index is 12.1. The van der Waals surface area contributed by atoms with Crippen molar-refractivity contribution in [1.82, 2.24) is 10.2 Å². The molecule has 2 rings (SSSR count). The first kappa shape index (κ1) is 17.0. The first-order valence-corrected chi connectivity index (χ1v) is 7.49. The average Bonchev–Trinajstić information content (AvgIpc) is 2.85. The molecule has 0 spiro atoms. The van der Waals surface area contributed by atoms with E-state index in [0.29, 0.717) is 0 Å². The molecule has 2 aliphatic rings. The Morgan fingerprint density at radius 2 is 2.32 bits per heavy atom. The van der Waals surface area contributed by atoms with E-state index in [-0.39, 0.29) is 12.8 Å². The van der Waals surface area contributed by atoms with Crippen LogP contribution >= 0.6 is 15.9 Å². The average molecular weight is 378 g/mol. The van der Waals surface area contributed by atoms with Crippen LogP contribution in [0.1, 0.15) is 19.8 Å². The number of azide groups is 1. The summed E-state index contributed by atoms with van der Waals surface area (Å²) in [4.78, 5) is 28.0. The maximum absolute atomic E-state index is 12.1. The lowest BCUT2D eigenvalue weighted by atomic mass is 9.98. The summed E-state index contributed by atoms with van der Waals surface area (Å²) >= 11 is 3.25. The molecule has 2 aliphatic heterocycles. The Balaban J connectivity index is 2.37. The zero-order chi connectivity index (χ0) is 16.5. The number of imide groups is 1. The van der Waals surface area contributed by atoms with Gasteiger partial charge in [-0.05, 0) is 12.0 Å². The fourth-order valence-corrected chi connectivity index (χ4v) is 3.00. The molecule has 0 saturated carbocycles. The van der Waals surface area contributed by atoms with Crippen LogP contribution in [0.5, 0.6) is 0 Å². The van der Waals surface area contributed by atoms with E-state index < -0.39 is 47.5 Å². The number of halogens is 1. The van der Waals surface area contributed by atoms with E-state index in [1.807, 2.05) is 0 Å². The molecular formula is C11H16BrN5O5. The number of urea groups is 1. The topological polar surface area (TPSA) is 148 Å². The van der Waals surface area contributed by atoms with Crippen LogP contribution in [0.4, 0.5) is 4.79 Å². The highest BCUT2D eigenvalue weighted by Crippen LogP contribution is 2.38. The SMILES string of the molecule is CCC1(Br)C(=O)NC(=O)N(C2CC(O)C(CO)O2)C1N=[N+]=[N-]. The van der Waals surface area contributed by atoms with Gasteiger partial charge in [-0.15, -0.1) is 0 Å². The third kappa shape index (κ3) is 2.66. The van der Waals surface area contributed by atoms with Crippen molar-refractivity contribution in [2.75, 3.05) is 6.61 Å². The van der Waals surface area contributed by atoms with Crippen molar-refractivity contribution in [3.05, 3.63) is 10.4 Å². The first-order chi connectivity index (χ1) is 10.4. The van der Waals surface area contributed by atoms with Crippen molar-refractivity contribution < 1.29 is 24.5 Å². The summed E-state index contributed by atoms with van der Waals surface area (Å²) in [5.41, 5.74) is 8.77. The van der Waals surface area contributed by atoms with E-state index in [2.05, 4.69) is 31.3 Å². The Bertz CT molecular complexity index is 527. The van der Waals surface area contributed by atoms with Gasteiger partial charge in [0.05, 0.1) is 12.7 Å². The third-order valence-electron chi connectivity index (χ3n) is 3.88. The summed E-state index contributed by atoms with van der Waals surface area (Å²) in [5, 5.41) is 24.7. The van der Waals surface area contributed by atoms with E-state index >= 15 is 0 Å². The molecule has 0 aromatic rings. The summed E-state index contributed by atoms with van der Waals surface area (Å²) in [6.07, 6.45) is -3.58. The monoisotopic (exact) mass is 377 g/mol. The van der Waals surface area contributed by atoms with Crippen LogP contribution in [0.25, 0.3) is 10.4 Å². The minimum atomic E-state index is -1.29. The van der Waals surface area contributed by atoms with E-state index in [1.54, 1.807) is 6.92 Å². The number of carbonyl (C=O) groups is 2. The fraction of sp³-hybridized carbons (Fsp3) is 0.818. The van der Waals surface area contributed by atoms with Gasteiger partial charge in [0.1, 0.15) is 22.8 Å². The van der Waals surface area contributed by atoms with Gasteiger partial charge in [-0.1, -0.05) is 28.0 Å². The molecule has 2 heterocycles. The first-order valence-electron chi connectivity index (χ1n) is 6.70. The molecule has 3 N–H and O–H groups in total. The number of rotatable bonds is 4. The largest absolute Gasteiger partial charge is 0.394 e. The molecule has 22 heavy (non-hydrogen) atoms. The Morgan fingerprint density at radius 1 is 1.64 bits per heavy atom. The van der Waals surface area contributed by atoms with Crippen LogP contribution < -0.4 is 5.32 Å². The van der Waals surface area contributed by atoms with E-state index in [4.69, 9.17) is 15.4 Å². The number of nitrogens with zero attached hydrogens (tertiary/aromatic N) is 4. The quantitative estimate of drug-likeness (QED) is 0.276. The molecule has 5 unspecified atom stereocenters. The number of alkyl halides is 1. The lowest BCUT2D eigenvalue weighted by molar-refractivity contribution is -0.130. The van der Waals surface area contributed by atoms with Gasteiger partial charge in [0.15, 0.2) is 0 Å². The molecule has 122 valence electrons. The summed E-state index contributed by atoms with van der Waals surface area (Å²) in [6.45, 7) is 1.29. The number of amides is 3. The second kappa shape index (κ2) is 6.39. The highest BCUT2D eigenvalue weighted by atomic mass is 79.9. The zero-order valence-corrected chi connectivity index (χ0v) is 13.3. The normalized spacial score (nSPS) is 38.6. The third-order valence-corrected chi connectivity index (χ3v) is 5.21. The molecule has 3 amide bonds. The van der Waals surface area contributed by atoms with Gasteiger partial charge < -0.3 is 14.9 Å². The predicted molar refractivity (Wildman–Crippen MR) is 76.6 cm³/mol. The fourth-order valence-electron chi connectivity index (χ4n) is 2.59. The van der Waals surface area contributed by atoms with E-state index in [9.17, 15) is 14.7 Å². The number of aliphatic hydroxyl groups is 2. The molecular weight excluding hydrogens is 362 g/mol. The van der Waals surface area contributed by atoms with Crippen LogP contribution in [0.3, 0.4) is 0 Å². The summed E-state index contributed by atoms with van der Waals surface area (Å²) in [7, 11) is 0. The lowest BCUT2D eigenvalue weighted by Gasteiger charge is -2.44. The van der Waals surface area contributed by atoms with Crippen molar-refractivity contribution in [1.29, 1.82) is 0 Å². The minimum absolute atomic E-state index is 0.0388. The molecule has 0 bridgehead atoms. The van der Waals surface area contributed by atoms with Crippen molar-refractivity contribution >= 4 is 27.9 Å². The van der Waals surface area contributed by atoms with Crippen LogP contribution in [-0.4, -0.2) is 62.6 Å². The van der Waals surface area contributed by atoms with Gasteiger partial charge in [-0.25, -0.2) is 4.79 Å². The lowest BCUT2D eigenvalue weighted by Crippen LogP contribution is -2.68. The van der Waals surface area contributed by atoms with Crippen molar-refractivity contribution in [2.45, 2.75) is 48.7 Å². The minimum Gasteiger partial charge on any atom is -0.394 e. The van der Waals surface area contributed by atoms with Crippen LogP contribution in [0.15, 0.2) is 5.11 Å². The second-order valence-electron chi connectivity index (χ2n) is 5.08. The molecule has 0 aromatic heterocycles. The molecule has 2 saturated heterocycles. The van der Waals surface area contributed by atoms with Gasteiger partial charge in [-0.3, -0.25) is 15.0 Å². The van der Waals surface area contributed by atoms with Gasteiger partial charge in [-0.2, -0.15) is 0 Å². The van der Waals surface area contributed by atoms with Crippen molar-refractivity contribution in [3.8, 4) is 0 Å². The molecule has 10 nitrogen and oxygen atoms in total. The Hall–Kier alpha value is -1.39. The summed E-state index contributed by atoms with van der Waals surface area (Å²) in [6, 6.07) is -0.776. The standard InChI is InChI=1S/C11H16BrN5O5/c1-2-11(12)8(15-16-13)17(10(21)14-9(11)20)7-3-5(19)6(4-18)22-7/h5-8,18-19H,2-4H2,1H3,(H,14,20,21). The predicted octanol–water partition coefficient (Wildman–Crippen LogP) is 0.187. The molecule has 2 fully saturated rings. The molecule has 5 atom stereocenters. The number of hydrogen-bond acceptors (Lipinski definition) is 6. The zero-order valence-electron chi connectivity index (χ0n) is 11.7.